The second-order valence-electron chi connectivity index (χ2n) is 6.08. The third-order valence-corrected chi connectivity index (χ3v) is 4.30. The van der Waals surface area contributed by atoms with Crippen LogP contribution in [0.2, 0.25) is 0 Å². The van der Waals surface area contributed by atoms with Crippen molar-refractivity contribution in [2.24, 2.45) is 0 Å². The van der Waals surface area contributed by atoms with Gasteiger partial charge < -0.3 is 15.1 Å². The van der Waals surface area contributed by atoms with Crippen molar-refractivity contribution in [1.82, 2.24) is 15.6 Å². The van der Waals surface area contributed by atoms with Gasteiger partial charge in [-0.2, -0.15) is 0 Å². The molecule has 0 bridgehead atoms. The summed E-state index contributed by atoms with van der Waals surface area (Å²) in [7, 11) is 0. The maximum Gasteiger partial charge on any atom is 0.287 e. The molecule has 2 amide bonds. The lowest BCUT2D eigenvalue weighted by atomic mass is 9.99. The molecule has 0 fully saturated rings. The van der Waals surface area contributed by atoms with Gasteiger partial charge in [-0.05, 0) is 43.2 Å². The fraction of sp³-hybridized carbons (Fsp3) is 0.250. The molecule has 26 heavy (non-hydrogen) atoms. The topological polar surface area (TPSA) is 84.2 Å². The van der Waals surface area contributed by atoms with E-state index in [4.69, 9.17) is 4.42 Å². The predicted molar refractivity (Wildman–Crippen MR) is 99.0 cm³/mol. The Labute approximate surface area is 151 Å². The molecule has 134 valence electrons. The standard InChI is InChI=1S/C20H21N3O3/c1-13-15-6-3-4-7-17(15)23-14(2)16(13)12-19(24)21-9-10-22-20(25)18-8-5-11-26-18/h3-8,11H,9-10,12H2,1-2H3,(H,21,24)(H,22,25). The Balaban J connectivity index is 1.55. The summed E-state index contributed by atoms with van der Waals surface area (Å²) in [5.41, 5.74) is 3.82. The van der Waals surface area contributed by atoms with Crippen molar-refractivity contribution < 1.29 is 14.0 Å². The van der Waals surface area contributed by atoms with Crippen LogP contribution in [-0.4, -0.2) is 29.9 Å². The third-order valence-electron chi connectivity index (χ3n) is 4.30. The molecule has 0 atom stereocenters. The summed E-state index contributed by atoms with van der Waals surface area (Å²) in [6, 6.07) is 11.2. The first kappa shape index (κ1) is 17.7. The summed E-state index contributed by atoms with van der Waals surface area (Å²) in [5.74, 6) is -0.139. The molecule has 1 aromatic carbocycles. The first-order valence-corrected chi connectivity index (χ1v) is 8.49. The van der Waals surface area contributed by atoms with Crippen LogP contribution in [0, 0.1) is 13.8 Å². The number of carbonyl (C=O) groups excluding carboxylic acids is 2. The molecular formula is C20H21N3O3. The van der Waals surface area contributed by atoms with Crippen molar-refractivity contribution in [2.45, 2.75) is 20.3 Å². The first-order chi connectivity index (χ1) is 12.6. The van der Waals surface area contributed by atoms with Crippen LogP contribution in [0.4, 0.5) is 0 Å². The number of fused-ring (bicyclic) bond motifs is 1. The number of aromatic nitrogens is 1. The summed E-state index contributed by atoms with van der Waals surface area (Å²) in [6.07, 6.45) is 1.71. The number of hydrogen-bond donors (Lipinski definition) is 2. The van der Waals surface area contributed by atoms with E-state index >= 15 is 0 Å². The van der Waals surface area contributed by atoms with E-state index in [1.165, 1.54) is 6.26 Å². The largest absolute Gasteiger partial charge is 0.459 e. The van der Waals surface area contributed by atoms with Gasteiger partial charge >= 0.3 is 0 Å². The van der Waals surface area contributed by atoms with Crippen molar-refractivity contribution in [2.75, 3.05) is 13.1 Å². The quantitative estimate of drug-likeness (QED) is 0.669. The number of aryl methyl sites for hydroxylation is 2. The zero-order chi connectivity index (χ0) is 18.5. The van der Waals surface area contributed by atoms with E-state index < -0.39 is 0 Å². The van der Waals surface area contributed by atoms with Gasteiger partial charge in [-0.25, -0.2) is 0 Å². The number of amides is 2. The van der Waals surface area contributed by atoms with Gasteiger partial charge in [0.2, 0.25) is 5.91 Å². The molecule has 2 heterocycles. The minimum Gasteiger partial charge on any atom is -0.459 e. The van der Waals surface area contributed by atoms with Crippen LogP contribution in [-0.2, 0) is 11.2 Å². The molecule has 2 N–H and O–H groups in total. The van der Waals surface area contributed by atoms with Crippen LogP contribution in [0.5, 0.6) is 0 Å². The second kappa shape index (κ2) is 7.82. The Hall–Kier alpha value is -3.15. The van der Waals surface area contributed by atoms with Crippen molar-refractivity contribution >= 4 is 22.7 Å². The van der Waals surface area contributed by atoms with E-state index in [-0.39, 0.29) is 24.0 Å². The van der Waals surface area contributed by atoms with E-state index in [1.807, 2.05) is 38.1 Å². The van der Waals surface area contributed by atoms with Crippen LogP contribution in [0.25, 0.3) is 10.9 Å². The van der Waals surface area contributed by atoms with Crippen molar-refractivity contribution in [3.8, 4) is 0 Å². The highest BCUT2D eigenvalue weighted by Crippen LogP contribution is 2.22. The maximum atomic E-state index is 12.3. The number of carbonyl (C=O) groups is 2. The van der Waals surface area contributed by atoms with Gasteiger partial charge in [-0.1, -0.05) is 18.2 Å². The number of rotatable bonds is 6. The molecule has 0 radical (unpaired) electrons. The van der Waals surface area contributed by atoms with Crippen molar-refractivity contribution in [1.29, 1.82) is 0 Å². The number of furan rings is 1. The summed E-state index contributed by atoms with van der Waals surface area (Å²) >= 11 is 0. The summed E-state index contributed by atoms with van der Waals surface area (Å²) in [6.45, 7) is 4.62. The highest BCUT2D eigenvalue weighted by atomic mass is 16.3. The smallest absolute Gasteiger partial charge is 0.287 e. The number of nitrogens with zero attached hydrogens (tertiary/aromatic N) is 1. The first-order valence-electron chi connectivity index (χ1n) is 8.49. The van der Waals surface area contributed by atoms with E-state index in [1.54, 1.807) is 12.1 Å². The van der Waals surface area contributed by atoms with Gasteiger partial charge in [-0.3, -0.25) is 14.6 Å². The number of benzene rings is 1. The Morgan fingerprint density at radius 2 is 1.81 bits per heavy atom. The average molecular weight is 351 g/mol. The van der Waals surface area contributed by atoms with Crippen LogP contribution in [0.1, 0.15) is 27.4 Å². The molecule has 0 aliphatic rings. The van der Waals surface area contributed by atoms with Gasteiger partial charge in [0.15, 0.2) is 5.76 Å². The van der Waals surface area contributed by atoms with E-state index in [0.29, 0.717) is 13.1 Å². The van der Waals surface area contributed by atoms with Gasteiger partial charge in [0.25, 0.3) is 5.91 Å². The summed E-state index contributed by atoms with van der Waals surface area (Å²) in [5, 5.41) is 6.58. The molecule has 0 aliphatic heterocycles. The van der Waals surface area contributed by atoms with Crippen LogP contribution < -0.4 is 10.6 Å². The molecule has 2 aromatic heterocycles. The Bertz CT molecular complexity index is 933. The van der Waals surface area contributed by atoms with Gasteiger partial charge in [-0.15, -0.1) is 0 Å². The fourth-order valence-corrected chi connectivity index (χ4v) is 2.93. The Morgan fingerprint density at radius 3 is 2.58 bits per heavy atom. The normalized spacial score (nSPS) is 10.7. The number of hydrogen-bond acceptors (Lipinski definition) is 4. The second-order valence-corrected chi connectivity index (χ2v) is 6.08. The summed E-state index contributed by atoms with van der Waals surface area (Å²) in [4.78, 5) is 28.6. The van der Waals surface area contributed by atoms with E-state index in [9.17, 15) is 9.59 Å². The molecule has 0 saturated carbocycles. The Kier molecular flexibility index (Phi) is 5.31. The lowest BCUT2D eigenvalue weighted by Crippen LogP contribution is -2.35. The lowest BCUT2D eigenvalue weighted by molar-refractivity contribution is -0.120. The van der Waals surface area contributed by atoms with Crippen LogP contribution in [0.3, 0.4) is 0 Å². The van der Waals surface area contributed by atoms with Gasteiger partial charge in [0, 0.05) is 24.2 Å². The molecular weight excluding hydrogens is 330 g/mol. The minimum absolute atomic E-state index is 0.0967. The fourth-order valence-electron chi connectivity index (χ4n) is 2.93. The maximum absolute atomic E-state index is 12.3. The number of nitrogens with one attached hydrogen (secondary N) is 2. The highest BCUT2D eigenvalue weighted by Gasteiger charge is 2.13. The van der Waals surface area contributed by atoms with Crippen molar-refractivity contribution in [3.63, 3.8) is 0 Å². The zero-order valence-corrected chi connectivity index (χ0v) is 14.8. The average Bonchev–Trinajstić information content (AvgIpc) is 3.17. The van der Waals surface area contributed by atoms with E-state index in [0.717, 1.165) is 27.7 Å². The highest BCUT2D eigenvalue weighted by molar-refractivity contribution is 5.91. The molecule has 0 aliphatic carbocycles. The molecule has 6 nitrogen and oxygen atoms in total. The minimum atomic E-state index is -0.297. The molecule has 0 saturated heterocycles. The molecule has 0 unspecified atom stereocenters. The SMILES string of the molecule is Cc1nc2ccccc2c(C)c1CC(=O)NCCNC(=O)c1ccco1. The predicted octanol–water partition coefficient (Wildman–Crippen LogP) is 2.53. The lowest BCUT2D eigenvalue weighted by Gasteiger charge is -2.12. The molecule has 3 aromatic rings. The molecule has 3 rings (SSSR count). The van der Waals surface area contributed by atoms with Crippen molar-refractivity contribution in [3.05, 3.63) is 65.2 Å². The third kappa shape index (κ3) is 3.91. The molecule has 6 heteroatoms. The van der Waals surface area contributed by atoms with Crippen LogP contribution >= 0.6 is 0 Å². The zero-order valence-electron chi connectivity index (χ0n) is 14.8. The summed E-state index contributed by atoms with van der Waals surface area (Å²) < 4.78 is 5.01. The number of para-hydroxylation sites is 1. The monoisotopic (exact) mass is 351 g/mol. The van der Waals surface area contributed by atoms with Gasteiger partial charge in [0.1, 0.15) is 0 Å². The van der Waals surface area contributed by atoms with Crippen LogP contribution in [0.15, 0.2) is 47.1 Å². The number of pyridine rings is 1. The molecule has 0 spiro atoms. The van der Waals surface area contributed by atoms with Gasteiger partial charge in [0.05, 0.1) is 18.2 Å². The Morgan fingerprint density at radius 1 is 1.04 bits per heavy atom. The van der Waals surface area contributed by atoms with E-state index in [2.05, 4.69) is 15.6 Å².